The second kappa shape index (κ2) is 8.50. The van der Waals surface area contributed by atoms with Gasteiger partial charge in [0.25, 0.3) is 0 Å². The van der Waals surface area contributed by atoms with E-state index in [4.69, 9.17) is 9.97 Å². The number of benzene rings is 2. The number of anilines is 1. The average Bonchev–Trinajstić information content (AvgIpc) is 3.27. The molecule has 0 aliphatic heterocycles. The van der Waals surface area contributed by atoms with Crippen molar-refractivity contribution in [1.29, 1.82) is 0 Å². The number of para-hydroxylation sites is 1. The fraction of sp³-hybridized carbons (Fsp3) is 0.414. The Morgan fingerprint density at radius 2 is 1.78 bits per heavy atom. The van der Waals surface area contributed by atoms with Gasteiger partial charge >= 0.3 is 5.97 Å². The van der Waals surface area contributed by atoms with Crippen LogP contribution in [0, 0.1) is 29.4 Å². The van der Waals surface area contributed by atoms with Crippen LogP contribution < -0.4 is 5.32 Å². The van der Waals surface area contributed by atoms with Crippen LogP contribution >= 0.6 is 0 Å². The number of fused-ring (bicyclic) bond motifs is 5. The number of aromatic amines is 1. The fourth-order valence-corrected chi connectivity index (χ4v) is 6.50. The number of carbonyl (C=O) groups is 1. The third kappa shape index (κ3) is 3.93. The maximum atomic E-state index is 14.5. The number of aromatic nitrogens is 3. The SMILES string of the molecule is CC(C)(C)c1cccc2c(N[C@@H]3C4CCC(CC4)[C@H]3C(=O)O)nc(-c3c[nH]c4c(F)cc(F)cc34)nc12. The zero-order valence-corrected chi connectivity index (χ0v) is 21.1. The second-order valence-corrected chi connectivity index (χ2v) is 11.6. The van der Waals surface area contributed by atoms with Gasteiger partial charge in [-0.1, -0.05) is 32.9 Å². The summed E-state index contributed by atoms with van der Waals surface area (Å²) in [7, 11) is 0. The molecule has 2 aromatic carbocycles. The highest BCUT2D eigenvalue weighted by molar-refractivity contribution is 5.98. The highest BCUT2D eigenvalue weighted by atomic mass is 19.1. The molecule has 3 N–H and O–H groups in total. The lowest BCUT2D eigenvalue weighted by Gasteiger charge is -2.47. The van der Waals surface area contributed by atoms with Crippen LogP contribution in [-0.4, -0.2) is 32.1 Å². The van der Waals surface area contributed by atoms with Gasteiger partial charge in [0.1, 0.15) is 17.5 Å². The Kier molecular flexibility index (Phi) is 5.47. The summed E-state index contributed by atoms with van der Waals surface area (Å²) in [5, 5.41) is 14.8. The number of halogens is 2. The van der Waals surface area contributed by atoms with Crippen LogP contribution in [0.3, 0.4) is 0 Å². The van der Waals surface area contributed by atoms with Crippen molar-refractivity contribution in [2.75, 3.05) is 5.32 Å². The van der Waals surface area contributed by atoms with Crippen LogP contribution in [-0.2, 0) is 10.2 Å². The van der Waals surface area contributed by atoms with Gasteiger partial charge in [-0.2, -0.15) is 0 Å². The van der Waals surface area contributed by atoms with Gasteiger partial charge in [-0.15, -0.1) is 0 Å². The van der Waals surface area contributed by atoms with Crippen LogP contribution in [0.1, 0.15) is 52.0 Å². The summed E-state index contributed by atoms with van der Waals surface area (Å²) < 4.78 is 28.6. The highest BCUT2D eigenvalue weighted by Gasteiger charge is 2.47. The van der Waals surface area contributed by atoms with E-state index in [0.29, 0.717) is 22.6 Å². The van der Waals surface area contributed by atoms with Crippen molar-refractivity contribution in [2.24, 2.45) is 17.8 Å². The molecule has 3 aliphatic carbocycles. The number of hydrogen-bond acceptors (Lipinski definition) is 4. The minimum atomic E-state index is -0.775. The van der Waals surface area contributed by atoms with Crippen LogP contribution in [0.15, 0.2) is 36.5 Å². The van der Waals surface area contributed by atoms with Crippen molar-refractivity contribution < 1.29 is 18.7 Å². The fourth-order valence-electron chi connectivity index (χ4n) is 6.50. The van der Waals surface area contributed by atoms with Gasteiger partial charge in [0.15, 0.2) is 5.82 Å². The second-order valence-electron chi connectivity index (χ2n) is 11.6. The summed E-state index contributed by atoms with van der Waals surface area (Å²) >= 11 is 0. The number of aliphatic carboxylic acids is 1. The van der Waals surface area contributed by atoms with Crippen LogP contribution in [0.2, 0.25) is 0 Å². The quantitative estimate of drug-likeness (QED) is 0.289. The molecule has 3 fully saturated rings. The topological polar surface area (TPSA) is 90.9 Å². The summed E-state index contributed by atoms with van der Waals surface area (Å²) in [6, 6.07) is 7.82. The maximum Gasteiger partial charge on any atom is 0.308 e. The minimum Gasteiger partial charge on any atom is -0.481 e. The molecular weight excluding hydrogens is 474 g/mol. The lowest BCUT2D eigenvalue weighted by Crippen LogP contribution is -2.51. The number of carboxylic acid groups (broad SMARTS) is 1. The minimum absolute atomic E-state index is 0.150. The van der Waals surface area contributed by atoms with Crippen LogP contribution in [0.5, 0.6) is 0 Å². The van der Waals surface area contributed by atoms with Crippen molar-refractivity contribution in [1.82, 2.24) is 15.0 Å². The normalized spacial score (nSPS) is 23.6. The predicted molar refractivity (Wildman–Crippen MR) is 139 cm³/mol. The first-order chi connectivity index (χ1) is 17.6. The van der Waals surface area contributed by atoms with Crippen LogP contribution in [0.4, 0.5) is 14.6 Å². The van der Waals surface area contributed by atoms with Crippen molar-refractivity contribution in [3.05, 3.63) is 53.7 Å². The van der Waals surface area contributed by atoms with Crippen molar-refractivity contribution >= 4 is 33.6 Å². The number of carboxylic acids is 1. The monoisotopic (exact) mass is 504 g/mol. The summed E-state index contributed by atoms with van der Waals surface area (Å²) in [6.45, 7) is 6.31. The molecule has 0 unspecified atom stereocenters. The molecule has 6 nitrogen and oxygen atoms in total. The Labute approximate surface area is 213 Å². The number of hydrogen-bond donors (Lipinski definition) is 3. The first-order valence-electron chi connectivity index (χ1n) is 12.9. The molecule has 3 aliphatic rings. The van der Waals surface area contributed by atoms with Crippen molar-refractivity contribution in [3.63, 3.8) is 0 Å². The van der Waals surface area contributed by atoms with E-state index in [1.165, 1.54) is 6.07 Å². The first-order valence-corrected chi connectivity index (χ1v) is 12.9. The summed E-state index contributed by atoms with van der Waals surface area (Å²) in [4.78, 5) is 25.0. The molecule has 2 bridgehead atoms. The van der Waals surface area contributed by atoms with Gasteiger partial charge in [-0.25, -0.2) is 18.7 Å². The summed E-state index contributed by atoms with van der Waals surface area (Å²) in [5.41, 5.74) is 2.20. The Bertz CT molecular complexity index is 1530. The number of nitrogens with one attached hydrogen (secondary N) is 2. The molecule has 7 rings (SSSR count). The molecule has 8 heteroatoms. The molecule has 3 saturated carbocycles. The number of rotatable bonds is 4. The summed E-state index contributed by atoms with van der Waals surface area (Å²) in [5.74, 6) is -1.33. The zero-order chi connectivity index (χ0) is 26.1. The Morgan fingerprint density at radius 3 is 2.49 bits per heavy atom. The van der Waals surface area contributed by atoms with Gasteiger partial charge in [0.2, 0.25) is 0 Å². The van der Waals surface area contributed by atoms with Gasteiger partial charge in [-0.3, -0.25) is 4.79 Å². The standard InChI is InChI=1S/C29H30F2N4O2/c1-29(2,3)20-6-4-5-17-24(20)34-27(19-13-32-25-18(19)11-16(30)12-21(25)31)35-26(17)33-23-15-9-7-14(8-10-15)22(23)28(36)37/h4-6,11-15,22-23,32H,7-10H2,1-3H3,(H,36,37)(H,33,34,35)/t14?,15?,22-,23-/m1/s1. The van der Waals surface area contributed by atoms with Crippen molar-refractivity contribution in [2.45, 2.75) is 57.9 Å². The van der Waals surface area contributed by atoms with Crippen LogP contribution in [0.25, 0.3) is 33.2 Å². The van der Waals surface area contributed by atoms with Crippen molar-refractivity contribution in [3.8, 4) is 11.4 Å². The molecule has 4 aromatic rings. The molecular formula is C29H30F2N4O2. The van der Waals surface area contributed by atoms with E-state index in [2.05, 4.69) is 31.1 Å². The Balaban J connectivity index is 1.57. The van der Waals surface area contributed by atoms with E-state index < -0.39 is 23.5 Å². The molecule has 2 heterocycles. The lowest BCUT2D eigenvalue weighted by molar-refractivity contribution is -0.148. The van der Waals surface area contributed by atoms with Gasteiger partial charge in [-0.05, 0) is 60.6 Å². The van der Waals surface area contributed by atoms with E-state index >= 15 is 0 Å². The van der Waals surface area contributed by atoms with E-state index in [0.717, 1.165) is 48.2 Å². The lowest BCUT2D eigenvalue weighted by atomic mass is 9.61. The van der Waals surface area contributed by atoms with E-state index in [1.807, 2.05) is 18.2 Å². The van der Waals surface area contributed by atoms with Gasteiger partial charge < -0.3 is 15.4 Å². The predicted octanol–water partition coefficient (Wildman–Crippen LogP) is 6.66. The van der Waals surface area contributed by atoms with Gasteiger partial charge in [0, 0.05) is 34.6 Å². The number of nitrogens with zero attached hydrogens (tertiary/aromatic N) is 2. The van der Waals surface area contributed by atoms with Gasteiger partial charge in [0.05, 0.1) is 17.0 Å². The smallest absolute Gasteiger partial charge is 0.308 e. The molecule has 0 spiro atoms. The van der Waals surface area contributed by atoms with E-state index in [1.54, 1.807) is 6.20 Å². The Hall–Kier alpha value is -3.55. The third-order valence-electron chi connectivity index (χ3n) is 8.29. The molecule has 0 amide bonds. The largest absolute Gasteiger partial charge is 0.481 e. The summed E-state index contributed by atoms with van der Waals surface area (Å²) in [6.07, 6.45) is 5.47. The van der Waals surface area contributed by atoms with E-state index in [-0.39, 0.29) is 28.8 Å². The zero-order valence-electron chi connectivity index (χ0n) is 21.1. The number of H-pyrrole nitrogens is 1. The molecule has 0 radical (unpaired) electrons. The highest BCUT2D eigenvalue weighted by Crippen LogP contribution is 2.47. The van der Waals surface area contributed by atoms with E-state index in [9.17, 15) is 18.7 Å². The molecule has 2 aromatic heterocycles. The third-order valence-corrected chi connectivity index (χ3v) is 8.29. The average molecular weight is 505 g/mol. The molecule has 2 atom stereocenters. The Morgan fingerprint density at radius 1 is 1.05 bits per heavy atom. The molecule has 37 heavy (non-hydrogen) atoms. The molecule has 0 saturated heterocycles. The molecule has 192 valence electrons. The first kappa shape index (κ1) is 23.8. The maximum absolute atomic E-state index is 14.5.